The molecule has 7 nitrogen and oxygen atoms in total. The monoisotopic (exact) mass is 394 g/mol. The van der Waals surface area contributed by atoms with E-state index < -0.39 is 21.9 Å². The maximum atomic E-state index is 14.0. The van der Waals surface area contributed by atoms with Gasteiger partial charge in [0.25, 0.3) is 10.0 Å². The molecule has 0 saturated carbocycles. The van der Waals surface area contributed by atoms with Crippen molar-refractivity contribution in [3.05, 3.63) is 47.2 Å². The number of sulfonamides is 1. The fraction of sp³-hybridized carbons (Fsp3) is 0.389. The van der Waals surface area contributed by atoms with Gasteiger partial charge in [-0.1, -0.05) is 27.7 Å². The molecule has 1 aromatic carbocycles. The molecular formula is C18H23FN4O3S. The van der Waals surface area contributed by atoms with E-state index in [0.717, 1.165) is 0 Å². The van der Waals surface area contributed by atoms with Crippen molar-refractivity contribution in [1.29, 1.82) is 0 Å². The second-order valence-corrected chi connectivity index (χ2v) is 8.37. The van der Waals surface area contributed by atoms with E-state index in [4.69, 9.17) is 0 Å². The highest BCUT2D eigenvalue weighted by atomic mass is 32.2. The lowest BCUT2D eigenvalue weighted by Crippen LogP contribution is -2.36. The Bertz CT molecular complexity index is 930. The summed E-state index contributed by atoms with van der Waals surface area (Å²) < 4.78 is 40.7. The summed E-state index contributed by atoms with van der Waals surface area (Å²) in [5, 5.41) is 2.24. The zero-order valence-corrected chi connectivity index (χ0v) is 16.7. The minimum atomic E-state index is -4.19. The SMILES string of the molecule is Cc1nccnc1S(=O)(=O)NC(=O)Nc1c(C(C)C)cc(F)cc1C(C)C. The van der Waals surface area contributed by atoms with Gasteiger partial charge in [-0.2, -0.15) is 8.42 Å². The summed E-state index contributed by atoms with van der Waals surface area (Å²) in [5.41, 5.74) is 1.75. The van der Waals surface area contributed by atoms with E-state index in [1.807, 2.05) is 32.4 Å². The first-order chi connectivity index (χ1) is 12.5. The lowest BCUT2D eigenvalue weighted by atomic mass is 9.92. The van der Waals surface area contributed by atoms with Crippen LogP contribution in [0.25, 0.3) is 0 Å². The molecule has 0 aliphatic heterocycles. The van der Waals surface area contributed by atoms with E-state index in [1.165, 1.54) is 31.5 Å². The second-order valence-electron chi connectivity index (χ2n) is 6.78. The van der Waals surface area contributed by atoms with Crippen molar-refractivity contribution in [1.82, 2.24) is 14.7 Å². The van der Waals surface area contributed by atoms with Crippen molar-refractivity contribution < 1.29 is 17.6 Å². The zero-order chi connectivity index (χ0) is 20.4. The van der Waals surface area contributed by atoms with Gasteiger partial charge in [0.15, 0.2) is 5.03 Å². The number of halogens is 1. The van der Waals surface area contributed by atoms with Crippen LogP contribution in [0, 0.1) is 12.7 Å². The van der Waals surface area contributed by atoms with Gasteiger partial charge >= 0.3 is 6.03 Å². The first-order valence-electron chi connectivity index (χ1n) is 8.47. The van der Waals surface area contributed by atoms with E-state index in [9.17, 15) is 17.6 Å². The molecule has 0 bridgehead atoms. The molecule has 0 fully saturated rings. The van der Waals surface area contributed by atoms with Gasteiger partial charge in [0.05, 0.1) is 5.69 Å². The summed E-state index contributed by atoms with van der Waals surface area (Å²) in [4.78, 5) is 20.0. The lowest BCUT2D eigenvalue weighted by Gasteiger charge is -2.20. The van der Waals surface area contributed by atoms with Crippen LogP contribution in [0.4, 0.5) is 14.9 Å². The predicted molar refractivity (Wildman–Crippen MR) is 101 cm³/mol. The number of nitrogens with one attached hydrogen (secondary N) is 2. The number of hydrogen-bond donors (Lipinski definition) is 2. The Hall–Kier alpha value is -2.55. The zero-order valence-electron chi connectivity index (χ0n) is 15.9. The normalized spacial score (nSPS) is 11.7. The number of rotatable bonds is 5. The van der Waals surface area contributed by atoms with E-state index >= 15 is 0 Å². The molecule has 0 spiro atoms. The van der Waals surface area contributed by atoms with Crippen LogP contribution in [-0.2, 0) is 10.0 Å². The van der Waals surface area contributed by atoms with Gasteiger partial charge < -0.3 is 5.32 Å². The number of benzene rings is 1. The van der Waals surface area contributed by atoms with Crippen LogP contribution >= 0.6 is 0 Å². The van der Waals surface area contributed by atoms with E-state index in [1.54, 1.807) is 0 Å². The number of hydrogen-bond acceptors (Lipinski definition) is 5. The summed E-state index contributed by atoms with van der Waals surface area (Å²) in [7, 11) is -4.19. The molecule has 2 amide bonds. The fourth-order valence-electron chi connectivity index (χ4n) is 2.67. The van der Waals surface area contributed by atoms with E-state index in [-0.39, 0.29) is 22.6 Å². The lowest BCUT2D eigenvalue weighted by molar-refractivity contribution is 0.256. The number of carbonyl (C=O) groups is 1. The molecule has 0 radical (unpaired) electrons. The molecule has 0 aliphatic carbocycles. The number of urea groups is 1. The van der Waals surface area contributed by atoms with Crippen molar-refractivity contribution in [2.45, 2.75) is 51.5 Å². The van der Waals surface area contributed by atoms with E-state index in [2.05, 4.69) is 15.3 Å². The molecule has 1 aromatic heterocycles. The number of carbonyl (C=O) groups excluding carboxylic acids is 1. The van der Waals surface area contributed by atoms with Crippen LogP contribution in [0.1, 0.15) is 56.4 Å². The summed E-state index contributed by atoms with van der Waals surface area (Å²) in [5.74, 6) is -0.559. The number of anilines is 1. The van der Waals surface area contributed by atoms with Crippen LogP contribution in [0.15, 0.2) is 29.6 Å². The van der Waals surface area contributed by atoms with Crippen LogP contribution in [0.5, 0.6) is 0 Å². The maximum absolute atomic E-state index is 14.0. The van der Waals surface area contributed by atoms with Crippen LogP contribution in [0.2, 0.25) is 0 Å². The number of amides is 2. The van der Waals surface area contributed by atoms with Crippen molar-refractivity contribution in [3.63, 3.8) is 0 Å². The highest BCUT2D eigenvalue weighted by Crippen LogP contribution is 2.33. The van der Waals surface area contributed by atoms with Crippen molar-refractivity contribution in [2.24, 2.45) is 0 Å². The minimum absolute atomic E-state index is 0.0765. The molecule has 9 heteroatoms. The Balaban J connectivity index is 2.37. The molecule has 2 rings (SSSR count). The second kappa shape index (κ2) is 7.99. The van der Waals surface area contributed by atoms with Gasteiger partial charge in [0.2, 0.25) is 0 Å². The third-order valence-corrected chi connectivity index (χ3v) is 5.33. The van der Waals surface area contributed by atoms with Gasteiger partial charge in [-0.3, -0.25) is 4.98 Å². The van der Waals surface area contributed by atoms with Gasteiger partial charge in [0.1, 0.15) is 5.82 Å². The maximum Gasteiger partial charge on any atom is 0.333 e. The Morgan fingerprint density at radius 2 is 1.56 bits per heavy atom. The average Bonchev–Trinajstić information content (AvgIpc) is 2.55. The standard InChI is InChI=1S/C18H23FN4O3S/c1-10(2)14-8-13(19)9-15(11(3)4)16(14)22-18(24)23-27(25,26)17-12(5)20-6-7-21-17/h6-11H,1-5H3,(H2,22,23,24). The van der Waals surface area contributed by atoms with Gasteiger partial charge in [-0.05, 0) is 42.0 Å². The number of aryl methyl sites for hydroxylation is 1. The third-order valence-electron chi connectivity index (χ3n) is 3.96. The largest absolute Gasteiger partial charge is 0.333 e. The van der Waals surface area contributed by atoms with Gasteiger partial charge in [0, 0.05) is 18.1 Å². The molecule has 2 aromatic rings. The van der Waals surface area contributed by atoms with Crippen molar-refractivity contribution in [2.75, 3.05) is 5.32 Å². The number of nitrogens with zero attached hydrogens (tertiary/aromatic N) is 2. The highest BCUT2D eigenvalue weighted by molar-refractivity contribution is 7.90. The quantitative estimate of drug-likeness (QED) is 0.805. The first kappa shape index (κ1) is 20.8. The molecular weight excluding hydrogens is 371 g/mol. The number of aromatic nitrogens is 2. The van der Waals surface area contributed by atoms with Gasteiger partial charge in [-0.15, -0.1) is 0 Å². The molecule has 1 heterocycles. The molecule has 2 N–H and O–H groups in total. The molecule has 146 valence electrons. The average molecular weight is 394 g/mol. The highest BCUT2D eigenvalue weighted by Gasteiger charge is 2.24. The summed E-state index contributed by atoms with van der Waals surface area (Å²) in [6.45, 7) is 8.93. The van der Waals surface area contributed by atoms with Crippen molar-refractivity contribution in [3.8, 4) is 0 Å². The molecule has 0 unspecified atom stereocenters. The molecule has 0 atom stereocenters. The topological polar surface area (TPSA) is 101 Å². The van der Waals surface area contributed by atoms with Crippen LogP contribution < -0.4 is 10.0 Å². The summed E-state index contributed by atoms with van der Waals surface area (Å²) in [6, 6.07) is 1.73. The Morgan fingerprint density at radius 1 is 1.04 bits per heavy atom. The smallest absolute Gasteiger partial charge is 0.307 e. The van der Waals surface area contributed by atoms with Gasteiger partial charge in [-0.25, -0.2) is 18.9 Å². The van der Waals surface area contributed by atoms with E-state index in [0.29, 0.717) is 16.8 Å². The third kappa shape index (κ3) is 4.79. The minimum Gasteiger partial charge on any atom is -0.307 e. The van der Waals surface area contributed by atoms with Crippen molar-refractivity contribution >= 4 is 21.7 Å². The predicted octanol–water partition coefficient (Wildman–Crippen LogP) is 3.68. The summed E-state index contributed by atoms with van der Waals surface area (Å²) >= 11 is 0. The molecule has 27 heavy (non-hydrogen) atoms. The first-order valence-corrected chi connectivity index (χ1v) is 9.96. The summed E-state index contributed by atoms with van der Waals surface area (Å²) in [6.07, 6.45) is 2.59. The molecule has 0 aliphatic rings. The Morgan fingerprint density at radius 3 is 2.04 bits per heavy atom. The van der Waals surface area contributed by atoms with Crippen LogP contribution in [0.3, 0.4) is 0 Å². The fourth-order valence-corrected chi connectivity index (χ4v) is 3.71. The Kier molecular flexibility index (Phi) is 6.15. The van der Waals surface area contributed by atoms with Crippen LogP contribution in [-0.4, -0.2) is 24.4 Å². The Labute approximate surface area is 158 Å². The molecule has 0 saturated heterocycles.